The van der Waals surface area contributed by atoms with Gasteiger partial charge in [0.25, 0.3) is 5.69 Å². The molecule has 4 rings (SSSR count). The first-order valence-corrected chi connectivity index (χ1v) is 9.25. The van der Waals surface area contributed by atoms with E-state index < -0.39 is 10.8 Å². The van der Waals surface area contributed by atoms with Gasteiger partial charge in [-0.15, -0.1) is 0 Å². The minimum Gasteiger partial charge on any atom is -0.385 e. The van der Waals surface area contributed by atoms with Gasteiger partial charge in [0.1, 0.15) is 11.6 Å². The predicted octanol–water partition coefficient (Wildman–Crippen LogP) is 3.83. The summed E-state index contributed by atoms with van der Waals surface area (Å²) in [5.74, 6) is -0.0475. The molecule has 4 N–H and O–H groups in total. The van der Waals surface area contributed by atoms with E-state index >= 15 is 0 Å². The maximum Gasteiger partial charge on any atom is 0.273 e. The first-order valence-electron chi connectivity index (χ1n) is 8.84. The van der Waals surface area contributed by atoms with Crippen LogP contribution in [0.4, 0.5) is 17.3 Å². The van der Waals surface area contributed by atoms with E-state index in [0.29, 0.717) is 35.4 Å². The fourth-order valence-electron chi connectivity index (χ4n) is 4.16. The number of nitrogens with zero attached hydrogens (tertiary/aromatic N) is 2. The fraction of sp³-hybridized carbons (Fsp3) is 0.316. The maximum absolute atomic E-state index is 13.1. The number of carbonyl (C=O) groups is 1. The summed E-state index contributed by atoms with van der Waals surface area (Å²) in [6.07, 6.45) is 0.980. The molecule has 2 aliphatic rings. The summed E-state index contributed by atoms with van der Waals surface area (Å²) >= 11 is 5.14. The summed E-state index contributed by atoms with van der Waals surface area (Å²) < 4.78 is 0.204. The van der Waals surface area contributed by atoms with Gasteiger partial charge in [-0.1, -0.05) is 32.0 Å². The molecule has 8 nitrogen and oxygen atoms in total. The molecule has 0 fully saturated rings. The zero-order chi connectivity index (χ0) is 20.2. The lowest BCUT2D eigenvalue weighted by Crippen LogP contribution is -2.34. The molecule has 0 radical (unpaired) electrons. The quantitative estimate of drug-likeness (QED) is 0.399. The second-order valence-corrected chi connectivity index (χ2v) is 8.31. The van der Waals surface area contributed by atoms with Crippen molar-refractivity contribution in [2.24, 2.45) is 5.41 Å². The van der Waals surface area contributed by atoms with E-state index in [0.717, 1.165) is 5.70 Å². The molecular formula is C19H19N5O3S. The van der Waals surface area contributed by atoms with Crippen LogP contribution in [-0.2, 0) is 4.79 Å². The molecule has 1 unspecified atom stereocenters. The van der Waals surface area contributed by atoms with Gasteiger partial charge in [-0.3, -0.25) is 14.9 Å². The minimum atomic E-state index is -0.684. The molecule has 0 spiro atoms. The van der Waals surface area contributed by atoms with E-state index in [1.165, 1.54) is 6.07 Å². The van der Waals surface area contributed by atoms with Crippen LogP contribution in [0.3, 0.4) is 0 Å². The van der Waals surface area contributed by atoms with Gasteiger partial charge in [-0.25, -0.2) is 4.98 Å². The van der Waals surface area contributed by atoms with E-state index in [1.54, 1.807) is 18.2 Å². The number of para-hydroxylation sites is 1. The number of benzene rings is 1. The maximum atomic E-state index is 13.1. The van der Waals surface area contributed by atoms with Gasteiger partial charge in [0.15, 0.2) is 10.6 Å². The van der Waals surface area contributed by atoms with Crippen molar-refractivity contribution in [3.8, 4) is 0 Å². The number of aromatic nitrogens is 2. The summed E-state index contributed by atoms with van der Waals surface area (Å²) in [7, 11) is 0. The number of Topliss-reactive ketones (excluding diaryl/α,β-unsaturated/α-hetero) is 1. The van der Waals surface area contributed by atoms with Gasteiger partial charge in [0, 0.05) is 34.9 Å². The van der Waals surface area contributed by atoms with Crippen LogP contribution in [0, 0.1) is 20.3 Å². The number of nitrogens with two attached hydrogens (primary N) is 1. The monoisotopic (exact) mass is 397 g/mol. The Kier molecular flexibility index (Phi) is 4.07. The number of nitrogen functional groups attached to an aromatic ring is 1. The standard InChI is InChI=1S/C19H19N5O3S/c1-19(2)7-10-14(12(25)8-19)13(9-5-3-4-6-11(9)24(26)27)15-16(20)22-18(28)23-17(15)21-10/h3-6,13H,7-8H2,1-2H3,(H4,20,21,22,23,28). The van der Waals surface area contributed by atoms with Gasteiger partial charge >= 0.3 is 0 Å². The summed E-state index contributed by atoms with van der Waals surface area (Å²) in [5.41, 5.74) is 8.08. The molecule has 0 saturated heterocycles. The molecule has 1 aliphatic carbocycles. The highest BCUT2D eigenvalue weighted by Crippen LogP contribution is 2.51. The smallest absolute Gasteiger partial charge is 0.273 e. The van der Waals surface area contributed by atoms with Crippen LogP contribution in [0.25, 0.3) is 0 Å². The van der Waals surface area contributed by atoms with Crippen LogP contribution < -0.4 is 11.1 Å². The molecule has 28 heavy (non-hydrogen) atoms. The molecule has 9 heteroatoms. The second kappa shape index (κ2) is 6.23. The average Bonchev–Trinajstić information content (AvgIpc) is 2.58. The van der Waals surface area contributed by atoms with Crippen molar-refractivity contribution in [1.82, 2.24) is 9.97 Å². The third kappa shape index (κ3) is 2.88. The predicted molar refractivity (Wildman–Crippen MR) is 107 cm³/mol. The molecule has 1 aliphatic heterocycles. The number of hydrogen-bond donors (Lipinski definition) is 3. The number of anilines is 2. The first kappa shape index (κ1) is 18.3. The van der Waals surface area contributed by atoms with E-state index in [9.17, 15) is 14.9 Å². The number of fused-ring (bicyclic) bond motifs is 1. The van der Waals surface area contributed by atoms with Crippen LogP contribution in [0.15, 0.2) is 35.5 Å². The molecule has 0 bridgehead atoms. The largest absolute Gasteiger partial charge is 0.385 e. The van der Waals surface area contributed by atoms with Crippen LogP contribution in [0.5, 0.6) is 0 Å². The van der Waals surface area contributed by atoms with Gasteiger partial charge < -0.3 is 16.0 Å². The van der Waals surface area contributed by atoms with Crippen molar-refractivity contribution in [1.29, 1.82) is 0 Å². The number of rotatable bonds is 2. The SMILES string of the molecule is CC1(C)CC(=O)C2=C(C1)Nc1nc(=S)[nH]c(N)c1C2c1ccccc1[N+](=O)[O-]. The molecule has 0 amide bonds. The first-order chi connectivity index (χ1) is 13.2. The summed E-state index contributed by atoms with van der Waals surface area (Å²) in [6, 6.07) is 6.42. The van der Waals surface area contributed by atoms with Crippen LogP contribution in [-0.4, -0.2) is 20.7 Å². The number of ketones is 1. The second-order valence-electron chi connectivity index (χ2n) is 7.93. The fourth-order valence-corrected chi connectivity index (χ4v) is 4.37. The number of carbonyl (C=O) groups excluding carboxylic acids is 1. The van der Waals surface area contributed by atoms with Gasteiger partial charge in [-0.2, -0.15) is 0 Å². The Morgan fingerprint density at radius 1 is 1.32 bits per heavy atom. The summed E-state index contributed by atoms with van der Waals surface area (Å²) in [4.78, 5) is 31.5. The highest BCUT2D eigenvalue weighted by Gasteiger charge is 2.43. The Bertz CT molecular complexity index is 1120. The number of nitrogens with one attached hydrogen (secondary N) is 2. The van der Waals surface area contributed by atoms with Crippen molar-refractivity contribution in [3.05, 3.63) is 61.5 Å². The zero-order valence-electron chi connectivity index (χ0n) is 15.4. The molecule has 2 aromatic rings. The highest BCUT2D eigenvalue weighted by molar-refractivity contribution is 7.71. The lowest BCUT2D eigenvalue weighted by molar-refractivity contribution is -0.385. The molecular weight excluding hydrogens is 378 g/mol. The average molecular weight is 397 g/mol. The Hall–Kier alpha value is -3.07. The summed E-state index contributed by atoms with van der Waals surface area (Å²) in [5, 5.41) is 14.9. The number of aromatic amines is 1. The third-order valence-electron chi connectivity index (χ3n) is 5.21. The Balaban J connectivity index is 2.05. The van der Waals surface area contributed by atoms with Gasteiger partial charge in [0.2, 0.25) is 0 Å². The topological polar surface area (TPSA) is 127 Å². The van der Waals surface area contributed by atoms with E-state index in [-0.39, 0.29) is 27.5 Å². The molecule has 1 aromatic carbocycles. The number of allylic oxidation sites excluding steroid dienone is 2. The van der Waals surface area contributed by atoms with E-state index in [1.807, 2.05) is 13.8 Å². The molecule has 144 valence electrons. The Morgan fingerprint density at radius 2 is 2.04 bits per heavy atom. The minimum absolute atomic E-state index is 0.0469. The molecule has 1 atom stereocenters. The van der Waals surface area contributed by atoms with Crippen LogP contribution >= 0.6 is 12.2 Å². The van der Waals surface area contributed by atoms with Crippen molar-refractivity contribution in [2.45, 2.75) is 32.6 Å². The van der Waals surface area contributed by atoms with E-state index in [4.69, 9.17) is 18.0 Å². The number of nitro benzene ring substituents is 1. The van der Waals surface area contributed by atoms with E-state index in [2.05, 4.69) is 15.3 Å². The van der Waals surface area contributed by atoms with Crippen molar-refractivity contribution in [2.75, 3.05) is 11.1 Å². The summed E-state index contributed by atoms with van der Waals surface area (Å²) in [6.45, 7) is 4.04. The zero-order valence-corrected chi connectivity index (χ0v) is 16.2. The van der Waals surface area contributed by atoms with Crippen LogP contribution in [0.2, 0.25) is 0 Å². The lowest BCUT2D eigenvalue weighted by atomic mass is 9.69. The van der Waals surface area contributed by atoms with Crippen molar-refractivity contribution in [3.63, 3.8) is 0 Å². The number of hydrogen-bond acceptors (Lipinski definition) is 7. The Morgan fingerprint density at radius 3 is 2.75 bits per heavy atom. The normalized spacial score (nSPS) is 20.2. The van der Waals surface area contributed by atoms with Crippen molar-refractivity contribution >= 4 is 35.3 Å². The van der Waals surface area contributed by atoms with Crippen LogP contribution in [0.1, 0.15) is 43.7 Å². The number of H-pyrrole nitrogens is 1. The van der Waals surface area contributed by atoms with Crippen molar-refractivity contribution < 1.29 is 9.72 Å². The molecule has 2 heterocycles. The third-order valence-corrected chi connectivity index (χ3v) is 5.40. The molecule has 1 aromatic heterocycles. The molecule has 0 saturated carbocycles. The highest BCUT2D eigenvalue weighted by atomic mass is 32.1. The lowest BCUT2D eigenvalue weighted by Gasteiger charge is -2.39. The van der Waals surface area contributed by atoms with Gasteiger partial charge in [0.05, 0.1) is 10.8 Å². The number of nitro groups is 1. The Labute approximate surface area is 166 Å². The van der Waals surface area contributed by atoms with Gasteiger partial charge in [-0.05, 0) is 24.1 Å².